The molecule has 0 bridgehead atoms. The number of unbranched alkanes of at least 4 members (excludes halogenated alkanes) is 4. The molecule has 4 atom stereocenters. The predicted octanol–water partition coefficient (Wildman–Crippen LogP) is 12.2. The third-order valence-electron chi connectivity index (χ3n) is 8.75. The molecule has 0 fully saturated rings. The van der Waals surface area contributed by atoms with Gasteiger partial charge in [-0.3, -0.25) is 4.86 Å². The normalized spacial score (nSPS) is 18.6. The van der Waals surface area contributed by atoms with Crippen LogP contribution in [0.4, 0.5) is 0 Å². The van der Waals surface area contributed by atoms with Crippen LogP contribution < -0.4 is 4.86 Å². The van der Waals surface area contributed by atoms with E-state index in [1.54, 1.807) is 0 Å². The first-order valence-electron chi connectivity index (χ1n) is 16.6. The smallest absolute Gasteiger partial charge is 0.0169 e. The van der Waals surface area contributed by atoms with Crippen molar-refractivity contribution >= 4 is 36.0 Å². The second kappa shape index (κ2) is 22.9. The molecule has 0 saturated heterocycles. The zero-order valence-corrected chi connectivity index (χ0v) is 30.1. The Morgan fingerprint density at radius 2 is 0.649 bits per heavy atom. The van der Waals surface area contributed by atoms with Crippen LogP contribution in [0, 0.1) is 23.7 Å². The molecule has 0 radical (unpaired) electrons. The van der Waals surface area contributed by atoms with Gasteiger partial charge in [0.15, 0.2) is 0 Å². The number of hydrogen-bond acceptors (Lipinski definition) is 2. The molecule has 224 valence electrons. The third kappa shape index (κ3) is 17.6. The fraction of sp³-hybridized carbons (Fsp3) is 1.00. The van der Waals surface area contributed by atoms with E-state index in [2.05, 4.69) is 60.2 Å². The molecule has 0 aromatic carbocycles. The summed E-state index contributed by atoms with van der Waals surface area (Å²) in [5.74, 6) is 3.09. The monoisotopic (exact) mass is 593 g/mol. The average Bonchev–Trinajstić information content (AvgIpc) is 2.89. The van der Waals surface area contributed by atoms with Gasteiger partial charge in [0.25, 0.3) is 0 Å². The molecule has 0 heterocycles. The molecule has 4 unspecified atom stereocenters. The van der Waals surface area contributed by atoms with Crippen LogP contribution >= 0.6 is 12.4 Å². The van der Waals surface area contributed by atoms with Crippen molar-refractivity contribution in [1.29, 1.82) is 0 Å². The van der Waals surface area contributed by atoms with Crippen LogP contribution in [0.5, 0.6) is 0 Å². The third-order valence-corrected chi connectivity index (χ3v) is 19.3. The highest BCUT2D eigenvalue weighted by molar-refractivity contribution is 8.22. The first kappa shape index (κ1) is 38.3. The first-order chi connectivity index (χ1) is 17.7. The van der Waals surface area contributed by atoms with Crippen LogP contribution in [0.2, 0.25) is 0 Å². The van der Waals surface area contributed by atoms with Gasteiger partial charge in [-0.05, 0) is 48.3 Å². The van der Waals surface area contributed by atoms with Gasteiger partial charge < -0.3 is 0 Å². The largest absolute Gasteiger partial charge is 0.259 e. The van der Waals surface area contributed by atoms with Gasteiger partial charge in [0.05, 0.1) is 0 Å². The Balaban J connectivity index is 6.21. The van der Waals surface area contributed by atoms with Gasteiger partial charge in [-0.1, -0.05) is 182 Å². The van der Waals surface area contributed by atoms with Gasteiger partial charge >= 0.3 is 0 Å². The van der Waals surface area contributed by atoms with Crippen molar-refractivity contribution < 1.29 is 0 Å². The lowest BCUT2D eigenvalue weighted by atomic mass is 10.0. The van der Waals surface area contributed by atoms with E-state index in [1.807, 2.05) is 0 Å². The van der Waals surface area contributed by atoms with Crippen LogP contribution in [0.15, 0.2) is 0 Å². The summed E-state index contributed by atoms with van der Waals surface area (Å²) in [5, 5.41) is 0. The average molecular weight is 594 g/mol. The molecule has 0 aromatic rings. The van der Waals surface area contributed by atoms with E-state index in [1.165, 1.54) is 127 Å². The molecule has 0 aromatic heterocycles. The standard InChI is InChI=1S/C32H69NP2S2/c1-9-17-21-29(13-5)25-34(36,26-30(14-6)22-18-10-2)33-35(37,27-31(15-7)23-19-11-3)28-32(16-8)24-20-12-4/h29-32H,9-28H2,1-8H3,(H,33,36,37). The molecule has 0 rings (SSSR count). The van der Waals surface area contributed by atoms with Gasteiger partial charge in [-0.2, -0.15) is 0 Å². The molecule has 37 heavy (non-hydrogen) atoms. The summed E-state index contributed by atoms with van der Waals surface area (Å²) in [6.45, 7) is 18.9. The van der Waals surface area contributed by atoms with Crippen LogP contribution in [-0.4, -0.2) is 24.6 Å². The molecular weight excluding hydrogens is 524 g/mol. The molecule has 0 spiro atoms. The SMILES string of the molecule is CCCCC(CC)CP(=S)(CC(CC)CCCC)NP(=S)(CC(CC)CCCC)CC(CC)CCCC. The van der Waals surface area contributed by atoms with E-state index in [-0.39, 0.29) is 0 Å². The first-order valence-corrected chi connectivity index (χ1v) is 23.0. The second-order valence-electron chi connectivity index (χ2n) is 12.3. The summed E-state index contributed by atoms with van der Waals surface area (Å²) in [6, 6.07) is 0. The summed E-state index contributed by atoms with van der Waals surface area (Å²) in [6.07, 6.45) is 22.6. The highest BCUT2D eigenvalue weighted by atomic mass is 32.5. The number of rotatable bonds is 26. The molecule has 0 aliphatic rings. The van der Waals surface area contributed by atoms with Crippen LogP contribution in [0.3, 0.4) is 0 Å². The van der Waals surface area contributed by atoms with Gasteiger partial charge in [0.2, 0.25) is 0 Å². The highest BCUT2D eigenvalue weighted by Gasteiger charge is 2.33. The van der Waals surface area contributed by atoms with E-state index in [0.29, 0.717) is 0 Å². The van der Waals surface area contributed by atoms with Crippen molar-refractivity contribution in [2.24, 2.45) is 23.7 Å². The van der Waals surface area contributed by atoms with Crippen molar-refractivity contribution in [2.45, 2.75) is 158 Å². The molecule has 0 amide bonds. The summed E-state index contributed by atoms with van der Waals surface area (Å²) in [5.41, 5.74) is 0. The Bertz CT molecular complexity index is 528. The van der Waals surface area contributed by atoms with Crippen molar-refractivity contribution in [3.8, 4) is 0 Å². The Morgan fingerprint density at radius 3 is 0.811 bits per heavy atom. The highest BCUT2D eigenvalue weighted by Crippen LogP contribution is 2.60. The summed E-state index contributed by atoms with van der Waals surface area (Å²) in [4.78, 5) is 4.42. The van der Waals surface area contributed by atoms with E-state index in [0.717, 1.165) is 23.7 Å². The number of hydrogen-bond donors (Lipinski definition) is 1. The van der Waals surface area contributed by atoms with Crippen LogP contribution in [0.1, 0.15) is 158 Å². The van der Waals surface area contributed by atoms with Crippen molar-refractivity contribution in [1.82, 2.24) is 4.86 Å². The second-order valence-corrected chi connectivity index (χ2v) is 22.3. The zero-order chi connectivity index (χ0) is 28.2. The molecule has 1 N–H and O–H groups in total. The minimum Gasteiger partial charge on any atom is -0.259 e. The fourth-order valence-electron chi connectivity index (χ4n) is 5.98. The lowest BCUT2D eigenvalue weighted by Gasteiger charge is -2.39. The van der Waals surface area contributed by atoms with Crippen molar-refractivity contribution in [2.75, 3.05) is 24.6 Å². The summed E-state index contributed by atoms with van der Waals surface area (Å²) >= 11 is 13.7. The summed E-state index contributed by atoms with van der Waals surface area (Å²) < 4.78 is 0. The minimum absolute atomic E-state index is 0.773. The fourth-order valence-corrected chi connectivity index (χ4v) is 21.2. The Morgan fingerprint density at radius 1 is 0.432 bits per heavy atom. The van der Waals surface area contributed by atoms with Crippen molar-refractivity contribution in [3.63, 3.8) is 0 Å². The quantitative estimate of drug-likeness (QED) is 0.100. The minimum atomic E-state index is -1.72. The molecule has 1 nitrogen and oxygen atoms in total. The van der Waals surface area contributed by atoms with Gasteiger partial charge in [0.1, 0.15) is 0 Å². The Hall–Kier alpha value is 1.26. The van der Waals surface area contributed by atoms with E-state index < -0.39 is 12.4 Å². The molecule has 0 saturated carbocycles. The van der Waals surface area contributed by atoms with E-state index >= 15 is 0 Å². The Labute approximate surface area is 246 Å². The summed E-state index contributed by atoms with van der Waals surface area (Å²) in [7, 11) is 0. The molecule has 0 aliphatic heterocycles. The van der Waals surface area contributed by atoms with Gasteiger partial charge in [0, 0.05) is 12.4 Å². The topological polar surface area (TPSA) is 12.0 Å². The molecule has 5 heteroatoms. The van der Waals surface area contributed by atoms with Crippen LogP contribution in [0.25, 0.3) is 0 Å². The van der Waals surface area contributed by atoms with Gasteiger partial charge in [-0.25, -0.2) is 0 Å². The van der Waals surface area contributed by atoms with Crippen LogP contribution in [-0.2, 0) is 23.6 Å². The predicted molar refractivity (Wildman–Crippen MR) is 184 cm³/mol. The van der Waals surface area contributed by atoms with Crippen molar-refractivity contribution in [3.05, 3.63) is 0 Å². The number of nitrogens with one attached hydrogen (secondary N) is 1. The van der Waals surface area contributed by atoms with E-state index in [4.69, 9.17) is 23.6 Å². The zero-order valence-electron chi connectivity index (χ0n) is 26.7. The Kier molecular flexibility index (Phi) is 23.7. The van der Waals surface area contributed by atoms with E-state index in [9.17, 15) is 0 Å². The maximum absolute atomic E-state index is 6.85. The lowest BCUT2D eigenvalue weighted by molar-refractivity contribution is 0.480. The lowest BCUT2D eigenvalue weighted by Crippen LogP contribution is -2.26. The molecule has 0 aliphatic carbocycles. The maximum Gasteiger partial charge on any atom is 0.0169 e. The maximum atomic E-state index is 6.85. The molecular formula is C32H69NP2S2. The van der Waals surface area contributed by atoms with Gasteiger partial charge in [-0.15, -0.1) is 0 Å².